The van der Waals surface area contributed by atoms with Crippen molar-refractivity contribution in [2.75, 3.05) is 0 Å². The number of Topliss-reactive ketones (excluding diaryl/α,β-unsaturated/α-hetero) is 1. The van der Waals surface area contributed by atoms with Gasteiger partial charge in [-0.2, -0.15) is 0 Å². The maximum Gasteiger partial charge on any atom is 0.175 e. The molecule has 4 rings (SSSR count). The molecule has 0 radical (unpaired) electrons. The van der Waals surface area contributed by atoms with Gasteiger partial charge in [0.2, 0.25) is 0 Å². The lowest BCUT2D eigenvalue weighted by Crippen LogP contribution is -2.54. The standard InChI is InChI=1S/C19H17BrO2S/c1-18-15-12-13(20)9-10-16(15)22-19(18,11-5-8-17(18)21)23-14-6-3-2-4-7-14/h2-4,6-7,9-10,12H,5,8,11H2,1H3. The summed E-state index contributed by atoms with van der Waals surface area (Å²) in [7, 11) is 0. The number of carbonyl (C=O) groups is 1. The molecule has 2 unspecified atom stereocenters. The summed E-state index contributed by atoms with van der Waals surface area (Å²) in [6, 6.07) is 16.2. The first-order chi connectivity index (χ1) is 11.1. The zero-order chi connectivity index (χ0) is 16.1. The number of carbonyl (C=O) groups excluding carboxylic acids is 1. The predicted molar refractivity (Wildman–Crippen MR) is 96.0 cm³/mol. The Kier molecular flexibility index (Phi) is 3.58. The molecule has 1 heterocycles. The molecule has 1 saturated carbocycles. The van der Waals surface area contributed by atoms with E-state index in [-0.39, 0.29) is 5.78 Å². The number of hydrogen-bond donors (Lipinski definition) is 0. The van der Waals surface area contributed by atoms with Crippen LogP contribution in [-0.4, -0.2) is 10.7 Å². The first kappa shape index (κ1) is 15.3. The van der Waals surface area contributed by atoms with Gasteiger partial charge in [0.05, 0.1) is 0 Å². The zero-order valence-corrected chi connectivity index (χ0v) is 15.2. The molecule has 2 aromatic carbocycles. The summed E-state index contributed by atoms with van der Waals surface area (Å²) in [5.74, 6) is 1.12. The van der Waals surface area contributed by atoms with E-state index in [4.69, 9.17) is 4.74 Å². The first-order valence-electron chi connectivity index (χ1n) is 7.82. The molecule has 2 aliphatic rings. The summed E-state index contributed by atoms with van der Waals surface area (Å²) in [6.07, 6.45) is 2.38. The SMILES string of the molecule is CC12C(=O)CCCC1(Sc1ccccc1)Oc1ccc(Br)cc12. The number of hydrogen-bond acceptors (Lipinski definition) is 3. The molecule has 0 N–H and O–H groups in total. The lowest BCUT2D eigenvalue weighted by Gasteiger charge is -2.44. The maximum absolute atomic E-state index is 13.0. The minimum Gasteiger partial charge on any atom is -0.475 e. The zero-order valence-electron chi connectivity index (χ0n) is 12.8. The van der Waals surface area contributed by atoms with Crippen molar-refractivity contribution in [2.45, 2.75) is 41.4 Å². The Hall–Kier alpha value is -1.26. The van der Waals surface area contributed by atoms with Crippen LogP contribution >= 0.6 is 27.7 Å². The Morgan fingerprint density at radius 1 is 1.17 bits per heavy atom. The van der Waals surface area contributed by atoms with Crippen LogP contribution in [0, 0.1) is 0 Å². The smallest absolute Gasteiger partial charge is 0.175 e. The quantitative estimate of drug-likeness (QED) is 0.694. The highest BCUT2D eigenvalue weighted by Gasteiger charge is 2.63. The van der Waals surface area contributed by atoms with Gasteiger partial charge in [-0.15, -0.1) is 0 Å². The van der Waals surface area contributed by atoms with E-state index >= 15 is 0 Å². The molecule has 2 atom stereocenters. The van der Waals surface area contributed by atoms with Crippen LogP contribution in [0.4, 0.5) is 0 Å². The first-order valence-corrected chi connectivity index (χ1v) is 9.42. The highest BCUT2D eigenvalue weighted by molar-refractivity contribution is 9.10. The van der Waals surface area contributed by atoms with E-state index in [1.54, 1.807) is 11.8 Å². The van der Waals surface area contributed by atoms with Crippen LogP contribution in [0.15, 0.2) is 57.9 Å². The van der Waals surface area contributed by atoms with Crippen LogP contribution in [-0.2, 0) is 10.2 Å². The van der Waals surface area contributed by atoms with Gasteiger partial charge in [-0.05, 0) is 50.1 Å². The van der Waals surface area contributed by atoms with Crippen LogP contribution in [0.2, 0.25) is 0 Å². The molecule has 1 aliphatic carbocycles. The van der Waals surface area contributed by atoms with Crippen LogP contribution in [0.25, 0.3) is 0 Å². The molecular weight excluding hydrogens is 372 g/mol. The minimum absolute atomic E-state index is 0.282. The van der Waals surface area contributed by atoms with E-state index in [0.29, 0.717) is 6.42 Å². The fraction of sp³-hybridized carbons (Fsp3) is 0.316. The number of thioether (sulfide) groups is 1. The van der Waals surface area contributed by atoms with E-state index in [9.17, 15) is 4.79 Å². The van der Waals surface area contributed by atoms with Gasteiger partial charge in [-0.25, -0.2) is 0 Å². The number of halogens is 1. The fourth-order valence-electron chi connectivity index (χ4n) is 3.71. The van der Waals surface area contributed by atoms with Crippen molar-refractivity contribution < 1.29 is 9.53 Å². The van der Waals surface area contributed by atoms with Crippen LogP contribution < -0.4 is 4.74 Å². The largest absolute Gasteiger partial charge is 0.475 e. The third-order valence-electron chi connectivity index (χ3n) is 5.01. The molecule has 1 aliphatic heterocycles. The van der Waals surface area contributed by atoms with Crippen molar-refractivity contribution in [1.82, 2.24) is 0 Å². The molecule has 0 spiro atoms. The normalized spacial score (nSPS) is 28.9. The Labute approximate surface area is 148 Å². The predicted octanol–water partition coefficient (Wildman–Crippen LogP) is 5.34. The van der Waals surface area contributed by atoms with Gasteiger partial charge in [-0.1, -0.05) is 45.9 Å². The molecule has 2 nitrogen and oxygen atoms in total. The highest BCUT2D eigenvalue weighted by Crippen LogP contribution is 2.61. The number of rotatable bonds is 2. The molecule has 0 amide bonds. The third-order valence-corrected chi connectivity index (χ3v) is 7.04. The topological polar surface area (TPSA) is 26.3 Å². The van der Waals surface area contributed by atoms with Crippen molar-refractivity contribution >= 4 is 33.5 Å². The Balaban J connectivity index is 1.86. The fourth-order valence-corrected chi connectivity index (χ4v) is 5.56. The molecule has 2 aromatic rings. The third kappa shape index (κ3) is 2.18. The van der Waals surface area contributed by atoms with E-state index in [2.05, 4.69) is 35.0 Å². The van der Waals surface area contributed by atoms with Crippen LogP contribution in [0.1, 0.15) is 31.7 Å². The van der Waals surface area contributed by atoms with Crippen molar-refractivity contribution in [3.63, 3.8) is 0 Å². The lowest BCUT2D eigenvalue weighted by atomic mass is 9.68. The monoisotopic (exact) mass is 388 g/mol. The molecule has 118 valence electrons. The Morgan fingerprint density at radius 3 is 2.74 bits per heavy atom. The summed E-state index contributed by atoms with van der Waals surface area (Å²) in [5.41, 5.74) is 0.408. The van der Waals surface area contributed by atoms with Crippen LogP contribution in [0.5, 0.6) is 5.75 Å². The van der Waals surface area contributed by atoms with Crippen molar-refractivity contribution in [3.8, 4) is 5.75 Å². The second-order valence-corrected chi connectivity index (χ2v) is 8.56. The van der Waals surface area contributed by atoms with Gasteiger partial charge in [-0.3, -0.25) is 4.79 Å². The van der Waals surface area contributed by atoms with Gasteiger partial charge in [0.25, 0.3) is 0 Å². The average Bonchev–Trinajstić information content (AvgIpc) is 2.79. The molecule has 23 heavy (non-hydrogen) atoms. The number of fused-ring (bicyclic) bond motifs is 3. The van der Waals surface area contributed by atoms with E-state index in [1.807, 2.05) is 36.4 Å². The summed E-state index contributed by atoms with van der Waals surface area (Å²) in [4.78, 5) is 13.5. The van der Waals surface area contributed by atoms with Crippen molar-refractivity contribution in [3.05, 3.63) is 58.6 Å². The Morgan fingerprint density at radius 2 is 1.96 bits per heavy atom. The molecule has 1 fully saturated rings. The van der Waals surface area contributed by atoms with Gasteiger partial charge < -0.3 is 4.74 Å². The number of ketones is 1. The minimum atomic E-state index is -0.606. The van der Waals surface area contributed by atoms with E-state index in [0.717, 1.165) is 33.5 Å². The van der Waals surface area contributed by atoms with E-state index in [1.165, 1.54) is 0 Å². The number of ether oxygens (including phenoxy) is 1. The van der Waals surface area contributed by atoms with Gasteiger partial charge in [0.1, 0.15) is 16.9 Å². The summed E-state index contributed by atoms with van der Waals surface area (Å²) < 4.78 is 7.44. The second kappa shape index (κ2) is 5.38. The van der Waals surface area contributed by atoms with E-state index < -0.39 is 10.3 Å². The maximum atomic E-state index is 13.0. The average molecular weight is 389 g/mol. The Bertz CT molecular complexity index is 776. The summed E-state index contributed by atoms with van der Waals surface area (Å²) in [5, 5.41) is 0. The molecule has 0 aromatic heterocycles. The molecular formula is C19H17BrO2S. The lowest BCUT2D eigenvalue weighted by molar-refractivity contribution is -0.130. The highest BCUT2D eigenvalue weighted by atomic mass is 79.9. The van der Waals surface area contributed by atoms with Gasteiger partial charge in [0, 0.05) is 21.4 Å². The van der Waals surface area contributed by atoms with Crippen molar-refractivity contribution in [2.24, 2.45) is 0 Å². The second-order valence-electron chi connectivity index (χ2n) is 6.31. The van der Waals surface area contributed by atoms with Gasteiger partial charge in [0.15, 0.2) is 4.93 Å². The van der Waals surface area contributed by atoms with Crippen LogP contribution in [0.3, 0.4) is 0 Å². The molecule has 4 heteroatoms. The van der Waals surface area contributed by atoms with Crippen molar-refractivity contribution in [1.29, 1.82) is 0 Å². The molecule has 0 bridgehead atoms. The number of benzene rings is 2. The van der Waals surface area contributed by atoms with Gasteiger partial charge >= 0.3 is 0 Å². The summed E-state index contributed by atoms with van der Waals surface area (Å²) in [6.45, 7) is 2.06. The molecule has 0 saturated heterocycles. The summed E-state index contributed by atoms with van der Waals surface area (Å²) >= 11 is 5.23.